The van der Waals surface area contributed by atoms with Crippen LogP contribution in [0.1, 0.15) is 26.2 Å². The van der Waals surface area contributed by atoms with Crippen molar-refractivity contribution in [3.8, 4) is 5.88 Å². The van der Waals surface area contributed by atoms with E-state index in [0.717, 1.165) is 38.5 Å². The van der Waals surface area contributed by atoms with Gasteiger partial charge in [-0.15, -0.1) is 0 Å². The van der Waals surface area contributed by atoms with Crippen LogP contribution < -0.4 is 15.4 Å². The Bertz CT molecular complexity index is 446. The van der Waals surface area contributed by atoms with Crippen LogP contribution in [-0.2, 0) is 0 Å². The molecule has 0 atom stereocenters. The molecule has 1 aliphatic rings. The lowest BCUT2D eigenvalue weighted by Gasteiger charge is -2.25. The first-order valence-electron chi connectivity index (χ1n) is 7.89. The molecule has 21 heavy (non-hydrogen) atoms. The van der Waals surface area contributed by atoms with Crippen molar-refractivity contribution >= 4 is 11.5 Å². The number of nitrogen functional groups attached to an aromatic ring is 1. The molecular formula is C16H28N4O. The van der Waals surface area contributed by atoms with E-state index in [4.69, 9.17) is 10.5 Å². The smallest absolute Gasteiger partial charge is 0.239 e. The molecule has 5 heteroatoms. The van der Waals surface area contributed by atoms with Crippen molar-refractivity contribution < 1.29 is 4.74 Å². The monoisotopic (exact) mass is 292 g/mol. The Morgan fingerprint density at radius 3 is 2.62 bits per heavy atom. The van der Waals surface area contributed by atoms with Gasteiger partial charge in [0.15, 0.2) is 0 Å². The fourth-order valence-corrected chi connectivity index (χ4v) is 2.15. The summed E-state index contributed by atoms with van der Waals surface area (Å²) in [6.07, 6.45) is 3.63. The van der Waals surface area contributed by atoms with Gasteiger partial charge in [0.2, 0.25) is 5.88 Å². The number of ether oxygens (including phenoxy) is 1. The summed E-state index contributed by atoms with van der Waals surface area (Å²) >= 11 is 0. The minimum absolute atomic E-state index is 0.588. The van der Waals surface area contributed by atoms with Crippen LogP contribution in [0.3, 0.4) is 0 Å². The van der Waals surface area contributed by atoms with Gasteiger partial charge >= 0.3 is 0 Å². The van der Waals surface area contributed by atoms with Crippen molar-refractivity contribution in [2.24, 2.45) is 5.92 Å². The molecule has 1 aliphatic carbocycles. The van der Waals surface area contributed by atoms with Gasteiger partial charge < -0.3 is 20.3 Å². The van der Waals surface area contributed by atoms with Crippen molar-refractivity contribution in [3.05, 3.63) is 12.1 Å². The molecule has 1 fully saturated rings. The van der Waals surface area contributed by atoms with Gasteiger partial charge in [-0.1, -0.05) is 6.92 Å². The molecular weight excluding hydrogens is 264 g/mol. The number of pyridine rings is 1. The van der Waals surface area contributed by atoms with Gasteiger partial charge in [0.1, 0.15) is 5.82 Å². The van der Waals surface area contributed by atoms with Crippen LogP contribution >= 0.6 is 0 Å². The number of anilines is 2. The number of nitrogens with two attached hydrogens (primary N) is 1. The van der Waals surface area contributed by atoms with Gasteiger partial charge in [-0.2, -0.15) is 4.98 Å². The van der Waals surface area contributed by atoms with Crippen LogP contribution in [-0.4, -0.2) is 50.2 Å². The summed E-state index contributed by atoms with van der Waals surface area (Å²) in [5.41, 5.74) is 6.61. The molecule has 0 saturated heterocycles. The number of hydrogen-bond acceptors (Lipinski definition) is 5. The zero-order valence-electron chi connectivity index (χ0n) is 13.5. The van der Waals surface area contributed by atoms with Gasteiger partial charge in [0.05, 0.1) is 12.3 Å². The number of aromatic nitrogens is 1. The molecule has 0 bridgehead atoms. The highest BCUT2D eigenvalue weighted by atomic mass is 16.5. The Balaban J connectivity index is 2.04. The summed E-state index contributed by atoms with van der Waals surface area (Å²) in [4.78, 5) is 9.11. The highest BCUT2D eigenvalue weighted by Gasteiger charge is 2.22. The molecule has 5 nitrogen and oxygen atoms in total. The van der Waals surface area contributed by atoms with Gasteiger partial charge in [0, 0.05) is 19.6 Å². The standard InChI is InChI=1S/C16H28N4O/c1-4-9-20(11-10-19(2)3)15-8-7-14(17)16(18-15)21-12-13-5-6-13/h7-8,13H,4-6,9-12,17H2,1-3H3. The largest absolute Gasteiger partial charge is 0.476 e. The van der Waals surface area contributed by atoms with E-state index in [1.54, 1.807) is 0 Å². The normalized spacial score (nSPS) is 14.5. The van der Waals surface area contributed by atoms with E-state index < -0.39 is 0 Å². The highest BCUT2D eigenvalue weighted by molar-refractivity contribution is 5.54. The molecule has 0 spiro atoms. The van der Waals surface area contributed by atoms with E-state index in [0.29, 0.717) is 17.5 Å². The van der Waals surface area contributed by atoms with Crippen LogP contribution in [0.5, 0.6) is 5.88 Å². The lowest BCUT2D eigenvalue weighted by atomic mass is 10.3. The Morgan fingerprint density at radius 2 is 2.00 bits per heavy atom. The maximum atomic E-state index is 5.98. The van der Waals surface area contributed by atoms with Crippen molar-refractivity contribution in [1.29, 1.82) is 0 Å². The van der Waals surface area contributed by atoms with E-state index in [2.05, 4.69) is 35.8 Å². The molecule has 1 heterocycles. The van der Waals surface area contributed by atoms with Crippen molar-refractivity contribution in [1.82, 2.24) is 9.88 Å². The molecule has 2 rings (SSSR count). The van der Waals surface area contributed by atoms with E-state index in [1.165, 1.54) is 12.8 Å². The topological polar surface area (TPSA) is 54.6 Å². The second kappa shape index (κ2) is 7.50. The van der Waals surface area contributed by atoms with E-state index in [1.807, 2.05) is 12.1 Å². The molecule has 0 amide bonds. The Kier molecular flexibility index (Phi) is 5.67. The molecule has 0 aliphatic heterocycles. The zero-order valence-corrected chi connectivity index (χ0v) is 13.5. The summed E-state index contributed by atoms with van der Waals surface area (Å²) in [6, 6.07) is 3.90. The van der Waals surface area contributed by atoms with Gasteiger partial charge in [-0.25, -0.2) is 0 Å². The predicted octanol–water partition coefficient (Wildman–Crippen LogP) is 2.23. The molecule has 118 valence electrons. The second-order valence-electron chi connectivity index (χ2n) is 6.11. The molecule has 2 N–H and O–H groups in total. The molecule has 1 aromatic rings. The number of nitrogens with zero attached hydrogens (tertiary/aromatic N) is 3. The van der Waals surface area contributed by atoms with E-state index >= 15 is 0 Å². The summed E-state index contributed by atoms with van der Waals surface area (Å²) in [5.74, 6) is 2.25. The van der Waals surface area contributed by atoms with Crippen molar-refractivity contribution in [3.63, 3.8) is 0 Å². The van der Waals surface area contributed by atoms with Crippen LogP contribution in [0.2, 0.25) is 0 Å². The molecule has 1 aromatic heterocycles. The third-order valence-electron chi connectivity index (χ3n) is 3.66. The maximum Gasteiger partial charge on any atom is 0.239 e. The second-order valence-corrected chi connectivity index (χ2v) is 6.11. The van der Waals surface area contributed by atoms with E-state index in [-0.39, 0.29) is 0 Å². The maximum absolute atomic E-state index is 5.98. The first-order valence-corrected chi connectivity index (χ1v) is 7.89. The molecule has 0 radical (unpaired) electrons. The van der Waals surface area contributed by atoms with Crippen LogP contribution in [0, 0.1) is 5.92 Å². The van der Waals surface area contributed by atoms with Gasteiger partial charge in [0.25, 0.3) is 0 Å². The molecule has 0 aromatic carbocycles. The average Bonchev–Trinajstić information content (AvgIpc) is 3.27. The fraction of sp³-hybridized carbons (Fsp3) is 0.688. The van der Waals surface area contributed by atoms with Crippen LogP contribution in [0.25, 0.3) is 0 Å². The lowest BCUT2D eigenvalue weighted by Crippen LogP contribution is -2.33. The SMILES string of the molecule is CCCN(CCN(C)C)c1ccc(N)c(OCC2CC2)n1. The molecule has 0 unspecified atom stereocenters. The number of hydrogen-bond donors (Lipinski definition) is 1. The lowest BCUT2D eigenvalue weighted by molar-refractivity contribution is 0.290. The third kappa shape index (κ3) is 5.08. The fourth-order valence-electron chi connectivity index (χ4n) is 2.15. The summed E-state index contributed by atoms with van der Waals surface area (Å²) < 4.78 is 5.78. The van der Waals surface area contributed by atoms with Crippen molar-refractivity contribution in [2.45, 2.75) is 26.2 Å². The molecule has 1 saturated carbocycles. The van der Waals surface area contributed by atoms with E-state index in [9.17, 15) is 0 Å². The highest BCUT2D eigenvalue weighted by Crippen LogP contribution is 2.31. The number of likely N-dealkylation sites (N-methyl/N-ethyl adjacent to an activating group) is 1. The Labute approximate surface area is 128 Å². The van der Waals surface area contributed by atoms with Crippen LogP contribution in [0.4, 0.5) is 11.5 Å². The van der Waals surface area contributed by atoms with Gasteiger partial charge in [-0.3, -0.25) is 0 Å². The first kappa shape index (κ1) is 15.9. The minimum Gasteiger partial charge on any atom is -0.476 e. The summed E-state index contributed by atoms with van der Waals surface area (Å²) in [7, 11) is 4.18. The summed E-state index contributed by atoms with van der Waals surface area (Å²) in [6.45, 7) is 5.88. The van der Waals surface area contributed by atoms with Crippen molar-refractivity contribution in [2.75, 3.05) is 51.0 Å². The third-order valence-corrected chi connectivity index (χ3v) is 3.66. The first-order chi connectivity index (χ1) is 10.1. The Hall–Kier alpha value is -1.49. The summed E-state index contributed by atoms with van der Waals surface area (Å²) in [5, 5.41) is 0. The number of rotatable bonds is 9. The minimum atomic E-state index is 0.588. The Morgan fingerprint density at radius 1 is 1.24 bits per heavy atom. The average molecular weight is 292 g/mol. The predicted molar refractivity (Wildman–Crippen MR) is 87.9 cm³/mol. The zero-order chi connectivity index (χ0) is 15.2. The quantitative estimate of drug-likeness (QED) is 0.756. The van der Waals surface area contributed by atoms with Gasteiger partial charge in [-0.05, 0) is 51.4 Å². The van der Waals surface area contributed by atoms with Crippen LogP contribution in [0.15, 0.2) is 12.1 Å².